The van der Waals surface area contributed by atoms with Crippen molar-refractivity contribution in [3.8, 4) is 5.75 Å². The lowest BCUT2D eigenvalue weighted by Gasteiger charge is -2.27. The van der Waals surface area contributed by atoms with Crippen LogP contribution in [0.2, 0.25) is 0 Å². The number of nitrogens with zero attached hydrogens (tertiary/aromatic N) is 1. The third-order valence-corrected chi connectivity index (χ3v) is 5.29. The van der Waals surface area contributed by atoms with Crippen LogP contribution in [-0.2, 0) is 20.4 Å². The van der Waals surface area contributed by atoms with Gasteiger partial charge >= 0.3 is 5.97 Å². The molecule has 152 valence electrons. The van der Waals surface area contributed by atoms with Gasteiger partial charge in [0.05, 0.1) is 0 Å². The lowest BCUT2D eigenvalue weighted by atomic mass is 9.78. The number of halogens is 1. The Morgan fingerprint density at radius 1 is 0.966 bits per heavy atom. The maximum atomic E-state index is 12.4. The predicted octanol–water partition coefficient (Wildman–Crippen LogP) is 6.09. The molecule has 3 rings (SSSR count). The Labute approximate surface area is 180 Å². The predicted molar refractivity (Wildman–Crippen MR) is 120 cm³/mol. The number of ether oxygens (including phenoxy) is 1. The summed E-state index contributed by atoms with van der Waals surface area (Å²) in [5, 5.41) is 10.9. The number of benzene rings is 2. The van der Waals surface area contributed by atoms with E-state index in [1.54, 1.807) is 6.08 Å². The van der Waals surface area contributed by atoms with Gasteiger partial charge in [0, 0.05) is 21.2 Å². The molecule has 2 aromatic carbocycles. The third-order valence-electron chi connectivity index (χ3n) is 4.76. The first-order chi connectivity index (χ1) is 13.4. The number of carbonyl (C=O) groups excluding carboxylic acids is 1. The molecule has 0 saturated heterocycles. The molecule has 4 nitrogen and oxygen atoms in total. The molecule has 0 amide bonds. The second kappa shape index (κ2) is 7.45. The maximum absolute atomic E-state index is 12.4. The molecule has 0 fully saturated rings. The van der Waals surface area contributed by atoms with Crippen molar-refractivity contribution in [1.29, 1.82) is 0 Å². The summed E-state index contributed by atoms with van der Waals surface area (Å²) in [6.07, 6.45) is 1.72. The van der Waals surface area contributed by atoms with Gasteiger partial charge in [-0.25, -0.2) is 9.79 Å². The van der Waals surface area contributed by atoms with Crippen LogP contribution in [0.5, 0.6) is 5.75 Å². The summed E-state index contributed by atoms with van der Waals surface area (Å²) >= 11 is 3.39. The number of hydrogen-bond donors (Lipinski definition) is 1. The van der Waals surface area contributed by atoms with Gasteiger partial charge < -0.3 is 9.84 Å². The minimum atomic E-state index is -0.481. The molecule has 0 aliphatic carbocycles. The van der Waals surface area contributed by atoms with E-state index in [0.717, 1.165) is 26.7 Å². The van der Waals surface area contributed by atoms with E-state index < -0.39 is 5.97 Å². The van der Waals surface area contributed by atoms with E-state index in [1.807, 2.05) is 36.4 Å². The topological polar surface area (TPSA) is 58.9 Å². The van der Waals surface area contributed by atoms with Crippen molar-refractivity contribution in [3.05, 3.63) is 68.8 Å². The van der Waals surface area contributed by atoms with Crippen LogP contribution in [0.4, 0.5) is 0 Å². The highest BCUT2D eigenvalue weighted by Gasteiger charge is 2.28. The Morgan fingerprint density at radius 2 is 1.48 bits per heavy atom. The number of hydrogen-bond acceptors (Lipinski definition) is 4. The molecule has 5 heteroatoms. The summed E-state index contributed by atoms with van der Waals surface area (Å²) in [6.45, 7) is 12.3. The van der Waals surface area contributed by atoms with Gasteiger partial charge in [-0.05, 0) is 58.9 Å². The second-order valence-corrected chi connectivity index (χ2v) is 10.2. The minimum absolute atomic E-state index is 0.244. The molecule has 1 aliphatic rings. The van der Waals surface area contributed by atoms with Crippen LogP contribution in [0.3, 0.4) is 0 Å². The van der Waals surface area contributed by atoms with Crippen molar-refractivity contribution >= 4 is 33.9 Å². The highest BCUT2D eigenvalue weighted by molar-refractivity contribution is 9.10. The molecule has 0 radical (unpaired) electrons. The number of phenols is 1. The summed E-state index contributed by atoms with van der Waals surface area (Å²) < 4.78 is 6.31. The monoisotopic (exact) mass is 455 g/mol. The fourth-order valence-corrected chi connectivity index (χ4v) is 3.43. The molecule has 1 aliphatic heterocycles. The Balaban J connectivity index is 2.09. The Hall–Kier alpha value is -2.40. The molecule has 0 saturated carbocycles. The normalized spacial score (nSPS) is 16.2. The highest BCUT2D eigenvalue weighted by atomic mass is 79.9. The average Bonchev–Trinajstić information content (AvgIpc) is 2.95. The molecule has 0 unspecified atom stereocenters. The van der Waals surface area contributed by atoms with Gasteiger partial charge in [-0.1, -0.05) is 57.5 Å². The lowest BCUT2D eigenvalue weighted by molar-refractivity contribution is -0.129. The van der Waals surface area contributed by atoms with Crippen LogP contribution in [0.1, 0.15) is 63.8 Å². The fraction of sp³-hybridized carbons (Fsp3) is 0.333. The zero-order chi connectivity index (χ0) is 21.6. The summed E-state index contributed by atoms with van der Waals surface area (Å²) in [5.41, 5.74) is 2.96. The average molecular weight is 456 g/mol. The van der Waals surface area contributed by atoms with Crippen molar-refractivity contribution in [2.45, 2.75) is 52.4 Å². The number of aliphatic imine (C=N–C) groups is 1. The Bertz CT molecular complexity index is 985. The van der Waals surface area contributed by atoms with Crippen LogP contribution in [0.25, 0.3) is 6.08 Å². The molecule has 0 bridgehead atoms. The highest BCUT2D eigenvalue weighted by Crippen LogP contribution is 2.40. The standard InChI is InChI=1S/C24H26BrNO3/c1-23(2,3)17-11-14(12-18(20(17)27)24(4,5)6)13-19-22(28)29-21(26-19)15-7-9-16(25)10-8-15/h7-13,27H,1-6H3/b19-13+. The van der Waals surface area contributed by atoms with E-state index in [-0.39, 0.29) is 16.5 Å². The van der Waals surface area contributed by atoms with E-state index in [2.05, 4.69) is 62.5 Å². The smallest absolute Gasteiger partial charge is 0.363 e. The van der Waals surface area contributed by atoms with Gasteiger partial charge in [-0.3, -0.25) is 0 Å². The molecule has 0 spiro atoms. The van der Waals surface area contributed by atoms with Crippen LogP contribution >= 0.6 is 15.9 Å². The van der Waals surface area contributed by atoms with Crippen molar-refractivity contribution in [1.82, 2.24) is 0 Å². The molecule has 1 heterocycles. The molecule has 2 aromatic rings. The summed E-state index contributed by atoms with van der Waals surface area (Å²) in [6, 6.07) is 11.3. The van der Waals surface area contributed by atoms with E-state index in [0.29, 0.717) is 11.6 Å². The maximum Gasteiger partial charge on any atom is 0.363 e. The van der Waals surface area contributed by atoms with Crippen LogP contribution in [0.15, 0.2) is 51.6 Å². The van der Waals surface area contributed by atoms with Crippen molar-refractivity contribution in [3.63, 3.8) is 0 Å². The van der Waals surface area contributed by atoms with Gasteiger partial charge in [-0.2, -0.15) is 0 Å². The molecular weight excluding hydrogens is 430 g/mol. The number of rotatable bonds is 2. The largest absolute Gasteiger partial charge is 0.507 e. The molecule has 1 N–H and O–H groups in total. The van der Waals surface area contributed by atoms with E-state index in [4.69, 9.17) is 4.74 Å². The molecular formula is C24H26BrNO3. The van der Waals surface area contributed by atoms with Crippen LogP contribution in [-0.4, -0.2) is 17.0 Å². The Kier molecular flexibility index (Phi) is 5.48. The molecule has 29 heavy (non-hydrogen) atoms. The van der Waals surface area contributed by atoms with Crippen LogP contribution in [0, 0.1) is 0 Å². The van der Waals surface area contributed by atoms with Gasteiger partial charge in [0.25, 0.3) is 0 Å². The van der Waals surface area contributed by atoms with E-state index in [1.165, 1.54) is 0 Å². The van der Waals surface area contributed by atoms with Crippen molar-refractivity contribution in [2.24, 2.45) is 4.99 Å². The SMILES string of the molecule is CC(C)(C)c1cc(/C=C2/N=C(c3ccc(Br)cc3)OC2=O)cc(C(C)(C)C)c1O. The second-order valence-electron chi connectivity index (χ2n) is 9.31. The van der Waals surface area contributed by atoms with Gasteiger partial charge in [0.15, 0.2) is 5.70 Å². The van der Waals surface area contributed by atoms with Gasteiger partial charge in [-0.15, -0.1) is 0 Å². The first kappa shape index (κ1) is 21.3. The number of carbonyl (C=O) groups is 1. The minimum Gasteiger partial charge on any atom is -0.507 e. The number of phenolic OH excluding ortho intramolecular Hbond substituents is 1. The zero-order valence-electron chi connectivity index (χ0n) is 17.6. The first-order valence-corrected chi connectivity index (χ1v) is 10.3. The molecule has 0 atom stereocenters. The van der Waals surface area contributed by atoms with Gasteiger partial charge in [0.2, 0.25) is 5.90 Å². The number of aromatic hydroxyl groups is 1. The lowest BCUT2D eigenvalue weighted by Crippen LogP contribution is -2.17. The first-order valence-electron chi connectivity index (χ1n) is 9.53. The quantitative estimate of drug-likeness (QED) is 0.439. The zero-order valence-corrected chi connectivity index (χ0v) is 19.2. The summed E-state index contributed by atoms with van der Waals surface area (Å²) in [4.78, 5) is 16.8. The van der Waals surface area contributed by atoms with E-state index in [9.17, 15) is 9.90 Å². The summed E-state index contributed by atoms with van der Waals surface area (Å²) in [5.74, 6) is 0.116. The molecule has 0 aromatic heterocycles. The van der Waals surface area contributed by atoms with Crippen LogP contribution < -0.4 is 0 Å². The number of cyclic esters (lactones) is 1. The Morgan fingerprint density at radius 3 is 1.97 bits per heavy atom. The van der Waals surface area contributed by atoms with Crippen molar-refractivity contribution in [2.75, 3.05) is 0 Å². The number of esters is 1. The van der Waals surface area contributed by atoms with Gasteiger partial charge in [0.1, 0.15) is 5.75 Å². The van der Waals surface area contributed by atoms with E-state index >= 15 is 0 Å². The summed E-state index contributed by atoms with van der Waals surface area (Å²) in [7, 11) is 0. The fourth-order valence-electron chi connectivity index (χ4n) is 3.17. The third kappa shape index (κ3) is 4.61. The van der Waals surface area contributed by atoms with Crippen molar-refractivity contribution < 1.29 is 14.6 Å².